The Morgan fingerprint density at radius 1 is 1.05 bits per heavy atom. The molecule has 1 rings (SSSR count). The molecule has 6 nitrogen and oxygen atoms in total. The monoisotopic (exact) mass is 292 g/mol. The van der Waals surface area contributed by atoms with Crippen molar-refractivity contribution in [1.29, 1.82) is 0 Å². The van der Waals surface area contributed by atoms with Gasteiger partial charge in [0.05, 0.1) is 5.56 Å². The van der Waals surface area contributed by atoms with Crippen LogP contribution in [0.3, 0.4) is 0 Å². The van der Waals surface area contributed by atoms with E-state index in [2.05, 4.69) is 10.6 Å². The fourth-order valence-corrected chi connectivity index (χ4v) is 1.58. The van der Waals surface area contributed by atoms with Crippen LogP contribution >= 0.6 is 0 Å². The topological polar surface area (TPSA) is 84.5 Å². The summed E-state index contributed by atoms with van der Waals surface area (Å²) in [4.78, 5) is 34.4. The summed E-state index contributed by atoms with van der Waals surface area (Å²) in [6.45, 7) is 6.57. The Morgan fingerprint density at radius 3 is 2.10 bits per heavy atom. The van der Waals surface area contributed by atoms with Crippen LogP contribution in [0.25, 0.3) is 0 Å². The normalized spacial score (nSPS) is 11.7. The number of benzene rings is 1. The number of ether oxygens (including phenoxy) is 1. The number of nitrogens with one attached hydrogen (secondary N) is 2. The lowest BCUT2D eigenvalue weighted by atomic mass is 10.2. The number of anilines is 1. The Labute approximate surface area is 123 Å². The Bertz CT molecular complexity index is 523. The van der Waals surface area contributed by atoms with E-state index in [0.717, 1.165) is 0 Å². The van der Waals surface area contributed by atoms with E-state index >= 15 is 0 Å². The minimum absolute atomic E-state index is 0.0180. The van der Waals surface area contributed by atoms with E-state index in [1.165, 1.54) is 26.0 Å². The molecule has 114 valence electrons. The molecule has 0 radical (unpaired) electrons. The smallest absolute Gasteiger partial charge is 0.338 e. The molecule has 1 aromatic rings. The molecule has 0 saturated carbocycles. The van der Waals surface area contributed by atoms with Crippen LogP contribution in [0.4, 0.5) is 5.69 Å². The maximum absolute atomic E-state index is 11.9. The van der Waals surface area contributed by atoms with Crippen molar-refractivity contribution in [3.63, 3.8) is 0 Å². The highest BCUT2D eigenvalue weighted by Gasteiger charge is 2.19. The summed E-state index contributed by atoms with van der Waals surface area (Å²) in [7, 11) is 0. The first kappa shape index (κ1) is 16.7. The molecule has 1 atom stereocenters. The number of rotatable bonds is 5. The van der Waals surface area contributed by atoms with Crippen LogP contribution in [-0.2, 0) is 14.3 Å². The minimum Gasteiger partial charge on any atom is -0.449 e. The molecule has 2 N–H and O–H groups in total. The standard InChI is InChI=1S/C15H20N2O4/c1-9(2)16-14(19)10(3)21-15(20)12-5-7-13(8-6-12)17-11(4)18/h5-10H,1-4H3,(H,16,19)(H,17,18). The van der Waals surface area contributed by atoms with E-state index in [-0.39, 0.29) is 17.9 Å². The second-order valence-corrected chi connectivity index (χ2v) is 4.97. The van der Waals surface area contributed by atoms with Crippen LogP contribution < -0.4 is 10.6 Å². The molecule has 0 bridgehead atoms. The Hall–Kier alpha value is -2.37. The number of carbonyl (C=O) groups excluding carboxylic acids is 3. The van der Waals surface area contributed by atoms with Gasteiger partial charge >= 0.3 is 5.97 Å². The fourth-order valence-electron chi connectivity index (χ4n) is 1.58. The molecule has 0 aliphatic rings. The molecule has 1 unspecified atom stereocenters. The van der Waals surface area contributed by atoms with Crippen LogP contribution in [0.1, 0.15) is 38.1 Å². The third-order valence-electron chi connectivity index (χ3n) is 2.52. The Balaban J connectivity index is 2.63. The van der Waals surface area contributed by atoms with Gasteiger partial charge in [-0.3, -0.25) is 9.59 Å². The van der Waals surface area contributed by atoms with Crippen LogP contribution in [-0.4, -0.2) is 29.9 Å². The number of carbonyl (C=O) groups is 3. The second kappa shape index (κ2) is 7.42. The molecule has 0 fully saturated rings. The minimum atomic E-state index is -0.866. The molecule has 21 heavy (non-hydrogen) atoms. The summed E-state index contributed by atoms with van der Waals surface area (Å²) >= 11 is 0. The lowest BCUT2D eigenvalue weighted by Gasteiger charge is -2.15. The van der Waals surface area contributed by atoms with Gasteiger partial charge in [-0.25, -0.2) is 4.79 Å². The number of hydrogen-bond acceptors (Lipinski definition) is 4. The molecule has 6 heteroatoms. The third-order valence-corrected chi connectivity index (χ3v) is 2.52. The average molecular weight is 292 g/mol. The molecule has 0 saturated heterocycles. The highest BCUT2D eigenvalue weighted by Crippen LogP contribution is 2.11. The first-order valence-corrected chi connectivity index (χ1v) is 6.68. The lowest BCUT2D eigenvalue weighted by Crippen LogP contribution is -2.39. The van der Waals surface area contributed by atoms with Gasteiger partial charge in [-0.2, -0.15) is 0 Å². The molecular weight excluding hydrogens is 272 g/mol. The molecule has 0 aliphatic heterocycles. The SMILES string of the molecule is CC(=O)Nc1ccc(C(=O)OC(C)C(=O)NC(C)C)cc1. The number of esters is 1. The molecule has 1 aromatic carbocycles. The summed E-state index contributed by atoms with van der Waals surface area (Å²) in [5.41, 5.74) is 0.901. The molecule has 0 heterocycles. The van der Waals surface area contributed by atoms with Crippen LogP contribution in [0, 0.1) is 0 Å². The van der Waals surface area contributed by atoms with Gasteiger partial charge in [0.15, 0.2) is 6.10 Å². The predicted molar refractivity (Wildman–Crippen MR) is 78.9 cm³/mol. The first-order valence-electron chi connectivity index (χ1n) is 6.68. The number of amides is 2. The van der Waals surface area contributed by atoms with Gasteiger partial charge in [-0.1, -0.05) is 0 Å². The molecule has 0 spiro atoms. The molecular formula is C15H20N2O4. The van der Waals surface area contributed by atoms with Crippen molar-refractivity contribution in [1.82, 2.24) is 5.32 Å². The van der Waals surface area contributed by atoms with E-state index < -0.39 is 12.1 Å². The molecule has 0 aliphatic carbocycles. The van der Waals surface area contributed by atoms with Gasteiger partial charge in [-0.15, -0.1) is 0 Å². The van der Waals surface area contributed by atoms with Crippen molar-refractivity contribution >= 4 is 23.5 Å². The van der Waals surface area contributed by atoms with Gasteiger partial charge in [0.2, 0.25) is 5.91 Å². The summed E-state index contributed by atoms with van der Waals surface area (Å²) in [6.07, 6.45) is -0.866. The maximum Gasteiger partial charge on any atom is 0.338 e. The van der Waals surface area contributed by atoms with E-state index in [1.807, 2.05) is 13.8 Å². The largest absolute Gasteiger partial charge is 0.449 e. The summed E-state index contributed by atoms with van der Waals surface area (Å²) in [5, 5.41) is 5.26. The van der Waals surface area contributed by atoms with Gasteiger partial charge in [0.25, 0.3) is 5.91 Å². The number of hydrogen-bond donors (Lipinski definition) is 2. The third kappa shape index (κ3) is 5.64. The van der Waals surface area contributed by atoms with E-state index in [4.69, 9.17) is 4.74 Å². The van der Waals surface area contributed by atoms with E-state index in [9.17, 15) is 14.4 Å². The zero-order valence-corrected chi connectivity index (χ0v) is 12.6. The highest BCUT2D eigenvalue weighted by molar-refractivity contribution is 5.93. The van der Waals surface area contributed by atoms with Crippen molar-refractivity contribution in [2.75, 3.05) is 5.32 Å². The van der Waals surface area contributed by atoms with Crippen molar-refractivity contribution in [3.05, 3.63) is 29.8 Å². The maximum atomic E-state index is 11.9. The molecule has 0 aromatic heterocycles. The summed E-state index contributed by atoms with van der Waals surface area (Å²) in [6, 6.07) is 6.23. The van der Waals surface area contributed by atoms with Crippen molar-refractivity contribution in [2.45, 2.75) is 39.8 Å². The zero-order valence-electron chi connectivity index (χ0n) is 12.6. The average Bonchev–Trinajstić information content (AvgIpc) is 2.37. The second-order valence-electron chi connectivity index (χ2n) is 4.97. The van der Waals surface area contributed by atoms with Gasteiger partial charge < -0.3 is 15.4 Å². The van der Waals surface area contributed by atoms with Crippen LogP contribution in [0.2, 0.25) is 0 Å². The Kier molecular flexibility index (Phi) is 5.90. The van der Waals surface area contributed by atoms with E-state index in [0.29, 0.717) is 11.3 Å². The van der Waals surface area contributed by atoms with Gasteiger partial charge in [-0.05, 0) is 45.0 Å². The lowest BCUT2D eigenvalue weighted by molar-refractivity contribution is -0.129. The van der Waals surface area contributed by atoms with Crippen LogP contribution in [0.15, 0.2) is 24.3 Å². The fraction of sp³-hybridized carbons (Fsp3) is 0.400. The van der Waals surface area contributed by atoms with Crippen molar-refractivity contribution < 1.29 is 19.1 Å². The molecule has 2 amide bonds. The quantitative estimate of drug-likeness (QED) is 0.809. The Morgan fingerprint density at radius 2 is 1.62 bits per heavy atom. The van der Waals surface area contributed by atoms with Gasteiger partial charge in [0, 0.05) is 18.7 Å². The van der Waals surface area contributed by atoms with Crippen LogP contribution in [0.5, 0.6) is 0 Å². The van der Waals surface area contributed by atoms with E-state index in [1.54, 1.807) is 12.1 Å². The first-order chi connectivity index (χ1) is 9.79. The van der Waals surface area contributed by atoms with Gasteiger partial charge in [0.1, 0.15) is 0 Å². The summed E-state index contributed by atoms with van der Waals surface area (Å²) in [5.74, 6) is -1.12. The van der Waals surface area contributed by atoms with Crippen molar-refractivity contribution in [2.24, 2.45) is 0 Å². The predicted octanol–water partition coefficient (Wildman–Crippen LogP) is 1.71. The van der Waals surface area contributed by atoms with Crippen molar-refractivity contribution in [3.8, 4) is 0 Å². The summed E-state index contributed by atoms with van der Waals surface area (Å²) < 4.78 is 5.08. The zero-order chi connectivity index (χ0) is 16.0. The highest BCUT2D eigenvalue weighted by atomic mass is 16.5.